The van der Waals surface area contributed by atoms with E-state index < -0.39 is 69.2 Å². The maximum absolute atomic E-state index is 11.3. The summed E-state index contributed by atoms with van der Waals surface area (Å²) in [4.78, 5) is 23.7. The van der Waals surface area contributed by atoms with Gasteiger partial charge in [-0.2, -0.15) is 0 Å². The van der Waals surface area contributed by atoms with E-state index in [-0.39, 0.29) is 29.0 Å². The summed E-state index contributed by atoms with van der Waals surface area (Å²) in [5.74, 6) is 0. The molecule has 2 aliphatic rings. The number of nitrogens with two attached hydrogens (primary N) is 8. The predicted octanol–water partition coefficient (Wildman–Crippen LogP) is 4.35. The first-order valence-electron chi connectivity index (χ1n) is 40.3. The fraction of sp³-hybridized carbons (Fsp3) is 0.943. The Morgan fingerprint density at radius 2 is 0.768 bits per heavy atom. The van der Waals surface area contributed by atoms with Crippen molar-refractivity contribution in [3.05, 3.63) is 11.8 Å². The first-order valence-corrected chi connectivity index (χ1v) is 57.5. The summed E-state index contributed by atoms with van der Waals surface area (Å²) in [6.45, 7) is 48.5. The van der Waals surface area contributed by atoms with E-state index in [1.54, 1.807) is 64.0 Å². The first-order chi connectivity index (χ1) is 53.0. The van der Waals surface area contributed by atoms with Gasteiger partial charge in [0.1, 0.15) is 0 Å². The second-order valence-corrected chi connectivity index (χ2v) is 55.2. The molecule has 34 nitrogen and oxygen atoms in total. The van der Waals surface area contributed by atoms with Gasteiger partial charge in [-0.1, -0.05) is 33.8 Å². The van der Waals surface area contributed by atoms with Crippen LogP contribution in [0.4, 0.5) is 9.59 Å². The van der Waals surface area contributed by atoms with Gasteiger partial charge in [0.15, 0.2) is 28.0 Å². The van der Waals surface area contributed by atoms with Crippen molar-refractivity contribution in [3.63, 3.8) is 0 Å². The lowest BCUT2D eigenvalue weighted by molar-refractivity contribution is -0.877. The van der Waals surface area contributed by atoms with Crippen LogP contribution in [-0.2, 0) is 88.8 Å². The van der Waals surface area contributed by atoms with Crippen molar-refractivity contribution in [2.45, 2.75) is 219 Å². The number of rotatable bonds is 57. The van der Waals surface area contributed by atoms with E-state index in [0.29, 0.717) is 66.9 Å². The van der Waals surface area contributed by atoms with Gasteiger partial charge in [-0.3, -0.25) is 0 Å². The van der Waals surface area contributed by atoms with E-state index in [0.717, 1.165) is 155 Å². The maximum Gasteiger partial charge on any atom is 0.563 e. The van der Waals surface area contributed by atoms with Crippen molar-refractivity contribution in [1.29, 1.82) is 0 Å². The molecule has 2 fully saturated rings. The summed E-state index contributed by atoms with van der Waals surface area (Å²) >= 11 is 0. The van der Waals surface area contributed by atoms with Crippen LogP contribution in [0.25, 0.3) is 0 Å². The number of ether oxygens (including phenoxy) is 1. The normalized spacial score (nSPS) is 16.1. The molecule has 0 bridgehead atoms. The molecular formula is C70H176N12O22Si8+2. The lowest BCUT2D eigenvalue weighted by Crippen LogP contribution is -3.28. The largest absolute Gasteiger partial charge is 0.563 e. The van der Waals surface area contributed by atoms with Crippen LogP contribution in [0.5, 0.6) is 0 Å². The van der Waals surface area contributed by atoms with Gasteiger partial charge in [-0.15, -0.1) is 0 Å². The molecule has 4 unspecified atom stereocenters. The molecule has 678 valence electrons. The van der Waals surface area contributed by atoms with Crippen LogP contribution in [0.1, 0.15) is 141 Å². The van der Waals surface area contributed by atoms with Crippen LogP contribution in [0, 0.1) is 0 Å². The Labute approximate surface area is 690 Å². The molecule has 0 spiro atoms. The lowest BCUT2D eigenvalue weighted by Gasteiger charge is -2.42. The Morgan fingerprint density at radius 1 is 0.420 bits per heavy atom. The fourth-order valence-electron chi connectivity index (χ4n) is 12.1. The van der Waals surface area contributed by atoms with Gasteiger partial charge in [0.25, 0.3) is 0 Å². The number of likely N-dealkylation sites (tertiary alicyclic amines) is 2. The monoisotopic (exact) mass is 1760 g/mol. The second kappa shape index (κ2) is 73.0. The molecule has 2 heterocycles. The first kappa shape index (κ1) is 122. The smallest absolute Gasteiger partial charge is 0.418 e. The zero-order valence-electron chi connectivity index (χ0n) is 75.9. The Kier molecular flexibility index (Phi) is 79.5. The summed E-state index contributed by atoms with van der Waals surface area (Å²) in [5.41, 5.74) is 45.9. The molecule has 0 radical (unpaired) electrons. The number of carbonyl (C=O) groups is 2. The number of nitrogens with one attached hydrogen (secondary N) is 4. The average molecular weight is 1760 g/mol. The molecule has 4 amide bonds. The topological polar surface area (TPSA) is 460 Å². The standard InChI is InChI=1S/C11H25NO4Si.C11H27NOSi.C10H27N3O3Si.C10H22N2O4Si.C8H21NO2Si.C7H16N2O4Si.C7H19NOSi.C6H17NO3Si/c1-11(2,16-9-6-8-12)7-10-17(13-3,14-4)15-5;1-6-13-14(10(2)3,11(4)5)9-7-8-12;1-14-17(15-2,16-3)10-4-6-12-8-9-13-7-5-11;1-4-14-17(15-5-2,16-6-3)9-7-8-12(9)10(11)13;1-4-10-12(3,11-5-2)8-6-7-9;1-11-14(12-2,13-3)6-4-5-9(6)7(8)10;1-4-9-10(2,3)7-5-6-8;1-8-11(9-2,10-3)6-4-5-7/h7,10H,6,8-9,12H2,1-5H3;10-11H,6-9,12H2,1-5H3;12-13H,4-11H2,1-3H3;9H,4-8H2,1-3H3,(H2,11,13);4-9H2,1-3H3;6H,4-5H2,1-3H3,(H2,8,10);4-8H2,1-3H3;4-7H2,1-3H3/p+2. The minimum atomic E-state index is -2.78. The van der Waals surface area contributed by atoms with Gasteiger partial charge in [0, 0.05) is 176 Å². The molecule has 2 rings (SSSR count). The van der Waals surface area contributed by atoms with Gasteiger partial charge < -0.3 is 145 Å². The number of amides is 4. The highest BCUT2D eigenvalue weighted by molar-refractivity contribution is 6.76. The van der Waals surface area contributed by atoms with E-state index in [1.165, 1.54) is 33.4 Å². The van der Waals surface area contributed by atoms with Crippen molar-refractivity contribution in [2.24, 2.45) is 45.9 Å². The molecular weight excluding hydrogens is 1590 g/mol. The van der Waals surface area contributed by atoms with Crippen LogP contribution in [-0.4, -0.2) is 315 Å². The van der Waals surface area contributed by atoms with Crippen LogP contribution < -0.4 is 66.3 Å². The molecule has 0 aromatic rings. The second-order valence-electron chi connectivity index (χ2n) is 27.7. The molecule has 0 aliphatic carbocycles. The SMILES string of the molecule is CCO[Si](C)(C)CCCN.CCO[Si](C)(CCCN)OCC.CCO[Si](CCCN)(C(C)C)C(C)C.CCO[Si](OCC)(OCC)C1CC[NH+]1C(N)=O.CO[Si](C=CC(C)(C)OCCCN)(OC)OC.CO[Si](CCCN)(OC)OC.CO[Si](CCCNCCNCCN)(OC)OC.CO[Si](OC)(OC)C1CC[NH+]1C(N)=O. The van der Waals surface area contributed by atoms with Crippen molar-refractivity contribution >= 4 is 81.3 Å². The van der Waals surface area contributed by atoms with Crippen LogP contribution in [0.15, 0.2) is 11.8 Å². The van der Waals surface area contributed by atoms with E-state index in [2.05, 4.69) is 71.8 Å². The summed E-state index contributed by atoms with van der Waals surface area (Å²) in [5, 5.41) is 6.56. The summed E-state index contributed by atoms with van der Waals surface area (Å²) in [6, 6.07) is 4.31. The number of hydrogen-bond donors (Lipinski definition) is 12. The molecule has 0 aromatic heterocycles. The van der Waals surface area contributed by atoms with Crippen molar-refractivity contribution in [2.75, 3.05) is 217 Å². The number of primary amides is 2. The third-order valence-corrected chi connectivity index (χ3v) is 44.8. The summed E-state index contributed by atoms with van der Waals surface area (Å²) < 4.78 is 109. The Bertz CT molecular complexity index is 2120. The number of urea groups is 2. The highest BCUT2D eigenvalue weighted by Gasteiger charge is 2.62. The fourth-order valence-corrected chi connectivity index (χ4v) is 31.9. The molecule has 20 N–H and O–H groups in total. The minimum absolute atomic E-state index is 0.0418. The quantitative estimate of drug-likeness (QED) is 0.0297. The van der Waals surface area contributed by atoms with Gasteiger partial charge in [-0.25, -0.2) is 19.4 Å². The lowest BCUT2D eigenvalue weighted by atomic mass is 10.1. The molecule has 112 heavy (non-hydrogen) atoms. The van der Waals surface area contributed by atoms with E-state index >= 15 is 0 Å². The molecule has 2 saturated heterocycles. The van der Waals surface area contributed by atoms with Crippen LogP contribution in [0.2, 0.25) is 60.9 Å². The van der Waals surface area contributed by atoms with E-state index in [1.807, 2.05) is 60.2 Å². The summed E-state index contributed by atoms with van der Waals surface area (Å²) in [7, 11) is 1.56. The maximum atomic E-state index is 11.3. The van der Waals surface area contributed by atoms with Gasteiger partial charge in [-0.05, 0) is 195 Å². The predicted molar refractivity (Wildman–Crippen MR) is 468 cm³/mol. The van der Waals surface area contributed by atoms with Crippen molar-refractivity contribution < 1.29 is 108 Å². The molecule has 0 saturated carbocycles. The number of hydrogen-bond acceptors (Lipinski definition) is 30. The highest BCUT2D eigenvalue weighted by Crippen LogP contribution is 2.37. The van der Waals surface area contributed by atoms with Crippen LogP contribution in [0.3, 0.4) is 0 Å². The third-order valence-electron chi connectivity index (χ3n) is 18.6. The molecule has 4 atom stereocenters. The minimum Gasteiger partial charge on any atom is -0.418 e. The molecule has 0 aromatic carbocycles. The van der Waals surface area contributed by atoms with E-state index in [9.17, 15) is 9.59 Å². The zero-order valence-corrected chi connectivity index (χ0v) is 83.9. The zero-order chi connectivity index (χ0) is 87.4. The van der Waals surface area contributed by atoms with Gasteiger partial charge in [0.2, 0.25) is 0 Å². The Hall–Kier alpha value is -0.785. The van der Waals surface area contributed by atoms with Crippen molar-refractivity contribution in [3.8, 4) is 0 Å². The Morgan fingerprint density at radius 3 is 1.08 bits per heavy atom. The van der Waals surface area contributed by atoms with Crippen molar-refractivity contribution in [1.82, 2.24) is 10.6 Å². The number of carbonyl (C=O) groups excluding carboxylic acids is 2. The Balaban J connectivity index is -0.000000288. The molecule has 42 heteroatoms. The number of quaternary nitrogens is 2. The van der Waals surface area contributed by atoms with Gasteiger partial charge in [0.05, 0.1) is 31.5 Å². The third kappa shape index (κ3) is 51.7. The van der Waals surface area contributed by atoms with Gasteiger partial charge >= 0.3 is 64.6 Å². The van der Waals surface area contributed by atoms with E-state index in [4.69, 9.17) is 135 Å². The molecule has 2 aliphatic heterocycles. The summed E-state index contributed by atoms with van der Waals surface area (Å²) in [6.07, 6.45) is 9.56. The van der Waals surface area contributed by atoms with Crippen LogP contribution >= 0.6 is 0 Å². The highest BCUT2D eigenvalue weighted by atomic mass is 28.4. The average Bonchev–Trinajstić information content (AvgIpc) is 0.778.